The van der Waals surface area contributed by atoms with Gasteiger partial charge in [-0.2, -0.15) is 0 Å². The number of rotatable bonds is 3. The highest BCUT2D eigenvalue weighted by Gasteiger charge is 2.20. The molecule has 5 nitrogen and oxygen atoms in total. The van der Waals surface area contributed by atoms with E-state index in [1.165, 1.54) is 17.7 Å². The van der Waals surface area contributed by atoms with Crippen LogP contribution in [0.25, 0.3) is 11.0 Å². The van der Waals surface area contributed by atoms with Crippen molar-refractivity contribution in [1.82, 2.24) is 20.3 Å². The number of anilines is 1. The van der Waals surface area contributed by atoms with E-state index in [-0.39, 0.29) is 0 Å². The quantitative estimate of drug-likeness (QED) is 0.650. The van der Waals surface area contributed by atoms with Crippen molar-refractivity contribution in [2.45, 2.75) is 31.7 Å². The fourth-order valence-corrected chi connectivity index (χ4v) is 3.43. The molecule has 0 fully saturated rings. The molecule has 1 aliphatic rings. The highest BCUT2D eigenvalue weighted by atomic mass is 14.9. The van der Waals surface area contributed by atoms with Crippen molar-refractivity contribution in [1.29, 1.82) is 0 Å². The van der Waals surface area contributed by atoms with Crippen molar-refractivity contribution in [3.63, 3.8) is 0 Å². The van der Waals surface area contributed by atoms with E-state index in [1.54, 1.807) is 0 Å². The summed E-state index contributed by atoms with van der Waals surface area (Å²) < 4.78 is 0. The third-order valence-electron chi connectivity index (χ3n) is 4.63. The molecule has 5 heteroatoms. The molecule has 0 amide bonds. The summed E-state index contributed by atoms with van der Waals surface area (Å²) in [6.07, 6.45) is 4.20. The Morgan fingerprint density at radius 2 is 2.17 bits per heavy atom. The Bertz CT molecular complexity index is 852. The van der Waals surface area contributed by atoms with Crippen molar-refractivity contribution in [2.24, 2.45) is 0 Å². The van der Waals surface area contributed by atoms with Crippen LogP contribution in [0, 0.1) is 0 Å². The van der Waals surface area contributed by atoms with Crippen LogP contribution in [0.2, 0.25) is 0 Å². The van der Waals surface area contributed by atoms with Gasteiger partial charge in [0.2, 0.25) is 0 Å². The Balaban J connectivity index is 1.66. The summed E-state index contributed by atoms with van der Waals surface area (Å²) in [5.41, 5.74) is 12.1. The number of nitrogens with one attached hydrogen (secondary N) is 2. The number of imidazole rings is 1. The van der Waals surface area contributed by atoms with Crippen LogP contribution in [-0.4, -0.2) is 22.0 Å². The number of nitrogens with two attached hydrogens (primary N) is 1. The fourth-order valence-electron chi connectivity index (χ4n) is 3.43. The molecule has 3 aromatic rings. The molecule has 0 spiro atoms. The van der Waals surface area contributed by atoms with E-state index in [2.05, 4.69) is 27.4 Å². The Morgan fingerprint density at radius 3 is 3.00 bits per heavy atom. The number of aryl methyl sites for hydroxylation is 1. The summed E-state index contributed by atoms with van der Waals surface area (Å²) in [6.45, 7) is 0. The zero-order chi connectivity index (χ0) is 15.8. The maximum Gasteiger partial charge on any atom is 0.113 e. The molecule has 4 N–H and O–H groups in total. The molecule has 0 radical (unpaired) electrons. The Labute approximate surface area is 135 Å². The molecule has 0 aliphatic heterocycles. The van der Waals surface area contributed by atoms with Gasteiger partial charge < -0.3 is 16.0 Å². The van der Waals surface area contributed by atoms with E-state index in [9.17, 15) is 0 Å². The van der Waals surface area contributed by atoms with Gasteiger partial charge in [0.25, 0.3) is 0 Å². The van der Waals surface area contributed by atoms with Crippen molar-refractivity contribution in [2.75, 3.05) is 12.8 Å². The second kappa shape index (κ2) is 5.66. The second-order valence-corrected chi connectivity index (χ2v) is 6.18. The molecule has 118 valence electrons. The number of nitrogen functional groups attached to an aromatic ring is 1. The van der Waals surface area contributed by atoms with Gasteiger partial charge in [-0.1, -0.05) is 12.1 Å². The molecule has 0 saturated heterocycles. The van der Waals surface area contributed by atoms with Crippen LogP contribution in [0.1, 0.15) is 41.7 Å². The molecule has 2 aromatic heterocycles. The summed E-state index contributed by atoms with van der Waals surface area (Å²) in [5, 5.41) is 3.38. The molecule has 4 rings (SSSR count). The SMILES string of the molecule is CNC1CCCc2ccc(Cc3nc4c(N)cccc4[nH]3)nc21. The predicted molar refractivity (Wildman–Crippen MR) is 92.3 cm³/mol. The third kappa shape index (κ3) is 2.57. The van der Waals surface area contributed by atoms with E-state index in [0.717, 1.165) is 35.4 Å². The lowest BCUT2D eigenvalue weighted by atomic mass is 9.91. The summed E-state index contributed by atoms with van der Waals surface area (Å²) in [6, 6.07) is 10.5. The topological polar surface area (TPSA) is 79.6 Å². The lowest BCUT2D eigenvalue weighted by Gasteiger charge is -2.24. The van der Waals surface area contributed by atoms with Crippen LogP contribution in [0.3, 0.4) is 0 Å². The maximum absolute atomic E-state index is 5.98. The first-order valence-electron chi connectivity index (χ1n) is 8.13. The summed E-state index contributed by atoms with van der Waals surface area (Å²) in [5.74, 6) is 0.905. The minimum atomic E-state index is 0.366. The molecule has 1 atom stereocenters. The average Bonchev–Trinajstić information content (AvgIpc) is 2.98. The van der Waals surface area contributed by atoms with Gasteiger partial charge in [0, 0.05) is 18.2 Å². The normalized spacial score (nSPS) is 17.3. The summed E-state index contributed by atoms with van der Waals surface area (Å²) in [4.78, 5) is 12.9. The van der Waals surface area contributed by atoms with E-state index < -0.39 is 0 Å². The maximum atomic E-state index is 5.98. The number of hydrogen-bond acceptors (Lipinski definition) is 4. The van der Waals surface area contributed by atoms with Gasteiger partial charge in [0.15, 0.2) is 0 Å². The number of aromatic amines is 1. The van der Waals surface area contributed by atoms with E-state index in [0.29, 0.717) is 18.2 Å². The first-order valence-corrected chi connectivity index (χ1v) is 8.13. The molecular weight excluding hydrogens is 286 g/mol. The Morgan fingerprint density at radius 1 is 1.26 bits per heavy atom. The van der Waals surface area contributed by atoms with Gasteiger partial charge in [0.1, 0.15) is 11.3 Å². The third-order valence-corrected chi connectivity index (χ3v) is 4.63. The average molecular weight is 307 g/mol. The van der Waals surface area contributed by atoms with Crippen LogP contribution in [-0.2, 0) is 12.8 Å². The van der Waals surface area contributed by atoms with Crippen molar-refractivity contribution >= 4 is 16.7 Å². The lowest BCUT2D eigenvalue weighted by molar-refractivity contribution is 0.481. The minimum Gasteiger partial charge on any atom is -0.397 e. The molecular formula is C18H21N5. The van der Waals surface area contributed by atoms with E-state index in [4.69, 9.17) is 10.7 Å². The number of para-hydroxylation sites is 1. The van der Waals surface area contributed by atoms with Crippen molar-refractivity contribution < 1.29 is 0 Å². The van der Waals surface area contributed by atoms with Gasteiger partial charge in [-0.05, 0) is 50.1 Å². The van der Waals surface area contributed by atoms with Gasteiger partial charge >= 0.3 is 0 Å². The lowest BCUT2D eigenvalue weighted by Crippen LogP contribution is -2.23. The van der Waals surface area contributed by atoms with Crippen LogP contribution in [0.5, 0.6) is 0 Å². The first-order chi connectivity index (χ1) is 11.2. The molecule has 1 aromatic carbocycles. The number of H-pyrrole nitrogens is 1. The first kappa shape index (κ1) is 14.2. The number of fused-ring (bicyclic) bond motifs is 2. The summed E-state index contributed by atoms with van der Waals surface area (Å²) >= 11 is 0. The number of hydrogen-bond donors (Lipinski definition) is 3. The largest absolute Gasteiger partial charge is 0.397 e. The predicted octanol–water partition coefficient (Wildman–Crippen LogP) is 2.73. The standard InChI is InChI=1S/C18H21N5/c1-20-14-6-2-4-11-8-9-12(21-17(11)14)10-16-22-15-7-3-5-13(19)18(15)23-16/h3,5,7-9,14,20H,2,4,6,10,19H2,1H3,(H,22,23). The number of pyridine rings is 1. The number of aromatic nitrogens is 3. The molecule has 23 heavy (non-hydrogen) atoms. The van der Waals surface area contributed by atoms with Gasteiger partial charge in [-0.15, -0.1) is 0 Å². The Hall–Kier alpha value is -2.40. The molecule has 1 aliphatic carbocycles. The number of benzene rings is 1. The highest BCUT2D eigenvalue weighted by Crippen LogP contribution is 2.28. The van der Waals surface area contributed by atoms with E-state index >= 15 is 0 Å². The molecule has 1 unspecified atom stereocenters. The van der Waals surface area contributed by atoms with Crippen LogP contribution in [0.15, 0.2) is 30.3 Å². The van der Waals surface area contributed by atoms with Crippen molar-refractivity contribution in [3.8, 4) is 0 Å². The van der Waals surface area contributed by atoms with Gasteiger partial charge in [-0.25, -0.2) is 4.98 Å². The molecule has 0 bridgehead atoms. The number of nitrogens with zero attached hydrogens (tertiary/aromatic N) is 2. The van der Waals surface area contributed by atoms with Crippen molar-refractivity contribution in [3.05, 3.63) is 53.1 Å². The highest BCUT2D eigenvalue weighted by molar-refractivity contribution is 5.86. The fraction of sp³-hybridized carbons (Fsp3) is 0.333. The van der Waals surface area contributed by atoms with E-state index in [1.807, 2.05) is 25.2 Å². The van der Waals surface area contributed by atoms with Gasteiger partial charge in [0.05, 0.1) is 16.9 Å². The van der Waals surface area contributed by atoms with Crippen LogP contribution in [0.4, 0.5) is 5.69 Å². The molecule has 2 heterocycles. The van der Waals surface area contributed by atoms with Gasteiger partial charge in [-0.3, -0.25) is 4.98 Å². The van der Waals surface area contributed by atoms with Crippen LogP contribution >= 0.6 is 0 Å². The van der Waals surface area contributed by atoms with Crippen LogP contribution < -0.4 is 11.1 Å². The second-order valence-electron chi connectivity index (χ2n) is 6.18. The molecule has 0 saturated carbocycles. The smallest absolute Gasteiger partial charge is 0.113 e. The summed E-state index contributed by atoms with van der Waals surface area (Å²) in [7, 11) is 2.01. The zero-order valence-corrected chi connectivity index (χ0v) is 13.3. The Kier molecular flexibility index (Phi) is 3.50. The monoisotopic (exact) mass is 307 g/mol. The minimum absolute atomic E-state index is 0.366. The zero-order valence-electron chi connectivity index (χ0n) is 13.3.